The quantitative estimate of drug-likeness (QED) is 0.708. The molecule has 0 aromatic rings. The first-order chi connectivity index (χ1) is 8.34. The fourth-order valence-electron chi connectivity index (χ4n) is 3.97. The molecule has 0 amide bonds. The Kier molecular flexibility index (Phi) is 5.84. The van der Waals surface area contributed by atoms with Crippen molar-refractivity contribution in [2.75, 3.05) is 0 Å². The minimum absolute atomic E-state index is 0.501. The average Bonchev–Trinajstić information content (AvgIpc) is 2.59. The van der Waals surface area contributed by atoms with E-state index < -0.39 is 0 Å². The number of hydrogen-bond acceptors (Lipinski definition) is 1. The number of hydrogen-bond donors (Lipinski definition) is 1. The molecule has 0 heterocycles. The van der Waals surface area contributed by atoms with E-state index >= 15 is 0 Å². The van der Waals surface area contributed by atoms with E-state index in [1.807, 2.05) is 0 Å². The molecule has 2 aliphatic carbocycles. The smallest absolute Gasteiger partial charge is 0.00441 e. The predicted octanol–water partition coefficient (Wildman–Crippen LogP) is 4.64. The summed E-state index contributed by atoms with van der Waals surface area (Å²) in [6.07, 6.45) is 18.7. The molecule has 0 bridgehead atoms. The third-order valence-electron chi connectivity index (χ3n) is 4.97. The molecule has 0 aliphatic heterocycles. The van der Waals surface area contributed by atoms with E-state index in [2.05, 4.69) is 0 Å². The van der Waals surface area contributed by atoms with E-state index in [0.29, 0.717) is 6.04 Å². The first-order valence-electron chi connectivity index (χ1n) is 8.10. The van der Waals surface area contributed by atoms with Crippen LogP contribution < -0.4 is 5.73 Å². The van der Waals surface area contributed by atoms with Gasteiger partial charge in [-0.15, -0.1) is 0 Å². The van der Waals surface area contributed by atoms with Crippen LogP contribution in [0.15, 0.2) is 0 Å². The van der Waals surface area contributed by atoms with E-state index in [0.717, 1.165) is 11.8 Å². The molecule has 1 heteroatoms. The molecular formula is C16H31N. The topological polar surface area (TPSA) is 26.0 Å². The Labute approximate surface area is 108 Å². The largest absolute Gasteiger partial charge is 0.328 e. The zero-order valence-corrected chi connectivity index (χ0v) is 11.5. The van der Waals surface area contributed by atoms with Crippen molar-refractivity contribution >= 4 is 0 Å². The standard InChI is InChI=1S/C16H31N/c17-16(13-15-10-6-3-7-11-15)12-14-8-4-1-2-5-9-14/h14-16H,1-13,17H2. The van der Waals surface area contributed by atoms with Gasteiger partial charge in [-0.1, -0.05) is 70.6 Å². The molecule has 1 atom stereocenters. The van der Waals surface area contributed by atoms with Crippen LogP contribution in [0.4, 0.5) is 0 Å². The van der Waals surface area contributed by atoms with Crippen molar-refractivity contribution in [3.05, 3.63) is 0 Å². The monoisotopic (exact) mass is 237 g/mol. The molecule has 100 valence electrons. The van der Waals surface area contributed by atoms with Crippen LogP contribution in [0.5, 0.6) is 0 Å². The molecule has 1 unspecified atom stereocenters. The summed E-state index contributed by atoms with van der Waals surface area (Å²) in [7, 11) is 0. The zero-order valence-electron chi connectivity index (χ0n) is 11.5. The molecule has 1 nitrogen and oxygen atoms in total. The van der Waals surface area contributed by atoms with Crippen LogP contribution >= 0.6 is 0 Å². The van der Waals surface area contributed by atoms with Crippen molar-refractivity contribution in [2.24, 2.45) is 17.6 Å². The van der Waals surface area contributed by atoms with Gasteiger partial charge in [-0.3, -0.25) is 0 Å². The fraction of sp³-hybridized carbons (Fsp3) is 1.00. The van der Waals surface area contributed by atoms with E-state index in [9.17, 15) is 0 Å². The number of rotatable bonds is 4. The first kappa shape index (κ1) is 13.4. The van der Waals surface area contributed by atoms with Gasteiger partial charge in [0.05, 0.1) is 0 Å². The summed E-state index contributed by atoms with van der Waals surface area (Å²) < 4.78 is 0. The van der Waals surface area contributed by atoms with E-state index in [1.54, 1.807) is 0 Å². The molecule has 2 fully saturated rings. The lowest BCUT2D eigenvalue weighted by Gasteiger charge is -2.26. The highest BCUT2D eigenvalue weighted by Crippen LogP contribution is 2.31. The SMILES string of the molecule is NC(CC1CCCCCC1)CC1CCCCC1. The Balaban J connectivity index is 1.66. The lowest BCUT2D eigenvalue weighted by atomic mass is 9.82. The third kappa shape index (κ3) is 4.99. The Bertz CT molecular complexity index is 188. The maximum atomic E-state index is 6.39. The minimum Gasteiger partial charge on any atom is -0.328 e. The second-order valence-electron chi connectivity index (χ2n) is 6.59. The molecular weight excluding hydrogens is 206 g/mol. The van der Waals surface area contributed by atoms with Gasteiger partial charge < -0.3 is 5.73 Å². The van der Waals surface area contributed by atoms with Gasteiger partial charge in [0.25, 0.3) is 0 Å². The summed E-state index contributed by atoms with van der Waals surface area (Å²) >= 11 is 0. The second-order valence-corrected chi connectivity index (χ2v) is 6.59. The van der Waals surface area contributed by atoms with Gasteiger partial charge in [0, 0.05) is 6.04 Å². The van der Waals surface area contributed by atoms with E-state index in [-0.39, 0.29) is 0 Å². The van der Waals surface area contributed by atoms with Crippen LogP contribution in [0.1, 0.15) is 83.5 Å². The number of nitrogens with two attached hydrogens (primary N) is 1. The van der Waals surface area contributed by atoms with E-state index in [1.165, 1.54) is 83.5 Å². The van der Waals surface area contributed by atoms with Gasteiger partial charge in [0.2, 0.25) is 0 Å². The van der Waals surface area contributed by atoms with Crippen LogP contribution in [0, 0.1) is 11.8 Å². The Hall–Kier alpha value is -0.0400. The summed E-state index contributed by atoms with van der Waals surface area (Å²) in [6, 6.07) is 0.501. The molecule has 0 spiro atoms. The maximum Gasteiger partial charge on any atom is 0.00441 e. The van der Waals surface area contributed by atoms with Gasteiger partial charge in [-0.25, -0.2) is 0 Å². The summed E-state index contributed by atoms with van der Waals surface area (Å²) in [5.41, 5.74) is 6.39. The molecule has 2 aliphatic rings. The highest BCUT2D eigenvalue weighted by atomic mass is 14.6. The summed E-state index contributed by atoms with van der Waals surface area (Å²) in [6.45, 7) is 0. The van der Waals surface area contributed by atoms with Crippen molar-refractivity contribution in [1.29, 1.82) is 0 Å². The van der Waals surface area contributed by atoms with Gasteiger partial charge in [-0.2, -0.15) is 0 Å². The molecule has 0 radical (unpaired) electrons. The van der Waals surface area contributed by atoms with Gasteiger partial charge in [0.15, 0.2) is 0 Å². The molecule has 2 saturated carbocycles. The zero-order chi connectivity index (χ0) is 11.9. The van der Waals surface area contributed by atoms with Crippen molar-refractivity contribution < 1.29 is 0 Å². The van der Waals surface area contributed by atoms with Crippen molar-refractivity contribution in [3.8, 4) is 0 Å². The van der Waals surface area contributed by atoms with Crippen LogP contribution in [0.25, 0.3) is 0 Å². The lowest BCUT2D eigenvalue weighted by molar-refractivity contribution is 0.288. The Morgan fingerprint density at radius 2 is 1.00 bits per heavy atom. The average molecular weight is 237 g/mol. The van der Waals surface area contributed by atoms with Crippen molar-refractivity contribution in [2.45, 2.75) is 89.5 Å². The Morgan fingerprint density at radius 3 is 1.41 bits per heavy atom. The van der Waals surface area contributed by atoms with Crippen LogP contribution in [-0.4, -0.2) is 6.04 Å². The molecule has 2 rings (SSSR count). The van der Waals surface area contributed by atoms with Gasteiger partial charge in [0.1, 0.15) is 0 Å². The third-order valence-corrected chi connectivity index (χ3v) is 4.97. The highest BCUT2D eigenvalue weighted by Gasteiger charge is 2.20. The Morgan fingerprint density at radius 1 is 0.647 bits per heavy atom. The highest BCUT2D eigenvalue weighted by molar-refractivity contribution is 4.76. The van der Waals surface area contributed by atoms with Gasteiger partial charge >= 0.3 is 0 Å². The normalized spacial score (nSPS) is 26.6. The lowest BCUT2D eigenvalue weighted by Crippen LogP contribution is -2.27. The van der Waals surface area contributed by atoms with Crippen LogP contribution in [0.3, 0.4) is 0 Å². The molecule has 2 N–H and O–H groups in total. The fourth-order valence-corrected chi connectivity index (χ4v) is 3.97. The predicted molar refractivity (Wildman–Crippen MR) is 75.0 cm³/mol. The summed E-state index contributed by atoms with van der Waals surface area (Å²) in [4.78, 5) is 0. The van der Waals surface area contributed by atoms with Crippen molar-refractivity contribution in [3.63, 3.8) is 0 Å². The van der Waals surface area contributed by atoms with Crippen LogP contribution in [0.2, 0.25) is 0 Å². The molecule has 17 heavy (non-hydrogen) atoms. The van der Waals surface area contributed by atoms with E-state index in [4.69, 9.17) is 5.73 Å². The molecule has 0 saturated heterocycles. The van der Waals surface area contributed by atoms with Gasteiger partial charge in [-0.05, 0) is 24.7 Å². The first-order valence-corrected chi connectivity index (χ1v) is 8.10. The summed E-state index contributed by atoms with van der Waals surface area (Å²) in [5.74, 6) is 1.92. The maximum absolute atomic E-state index is 6.39. The molecule has 0 aromatic carbocycles. The summed E-state index contributed by atoms with van der Waals surface area (Å²) in [5, 5.41) is 0. The minimum atomic E-state index is 0.501. The van der Waals surface area contributed by atoms with Crippen molar-refractivity contribution in [1.82, 2.24) is 0 Å². The van der Waals surface area contributed by atoms with Crippen LogP contribution in [-0.2, 0) is 0 Å². The second kappa shape index (κ2) is 7.41. The molecule has 0 aromatic heterocycles.